The number of benzene rings is 3. The van der Waals surface area contributed by atoms with Crippen LogP contribution in [0.15, 0.2) is 95.5 Å². The Morgan fingerprint density at radius 3 is 2.44 bits per heavy atom. The highest BCUT2D eigenvalue weighted by Gasteiger charge is 2.50. The molecule has 3 atom stereocenters. The molecule has 204 valence electrons. The van der Waals surface area contributed by atoms with Crippen molar-refractivity contribution in [3.8, 4) is 11.3 Å². The Labute approximate surface area is 245 Å². The average Bonchev–Trinajstić information content (AvgIpc) is 3.25. The van der Waals surface area contributed by atoms with Crippen molar-refractivity contribution >= 4 is 56.1 Å². The molecule has 0 bridgehead atoms. The van der Waals surface area contributed by atoms with Gasteiger partial charge in [-0.1, -0.05) is 77.5 Å². The molecule has 0 N–H and O–H groups in total. The first-order valence-corrected chi connectivity index (χ1v) is 14.1. The van der Waals surface area contributed by atoms with Gasteiger partial charge in [0, 0.05) is 21.0 Å². The van der Waals surface area contributed by atoms with Gasteiger partial charge in [-0.15, -0.1) is 0 Å². The Morgan fingerprint density at radius 2 is 1.71 bits per heavy atom. The van der Waals surface area contributed by atoms with Gasteiger partial charge in [0.1, 0.15) is 0 Å². The van der Waals surface area contributed by atoms with E-state index in [0.717, 1.165) is 4.47 Å². The summed E-state index contributed by atoms with van der Waals surface area (Å²) >= 11 is 3.34. The van der Waals surface area contributed by atoms with Gasteiger partial charge in [0.15, 0.2) is 12.4 Å². The number of rotatable bonds is 6. The fraction of sp³-hybridized carbons (Fsp3) is 0.182. The molecule has 2 aliphatic rings. The minimum Gasteiger partial charge on any atom is -0.454 e. The van der Waals surface area contributed by atoms with Crippen molar-refractivity contribution in [2.45, 2.75) is 13.3 Å². The van der Waals surface area contributed by atoms with E-state index in [1.165, 1.54) is 4.90 Å². The summed E-state index contributed by atoms with van der Waals surface area (Å²) in [5.74, 6) is -1.93. The van der Waals surface area contributed by atoms with Crippen LogP contribution in [0.1, 0.15) is 34.1 Å². The molecular weight excluding hydrogens is 584 g/mol. The van der Waals surface area contributed by atoms with E-state index < -0.39 is 12.6 Å². The van der Waals surface area contributed by atoms with E-state index >= 15 is 0 Å². The van der Waals surface area contributed by atoms with Gasteiger partial charge in [0.2, 0.25) is 11.8 Å². The molecule has 41 heavy (non-hydrogen) atoms. The lowest BCUT2D eigenvalue weighted by Gasteiger charge is -2.22. The molecule has 2 amide bonds. The number of hydrogen-bond acceptors (Lipinski definition) is 6. The highest BCUT2D eigenvalue weighted by atomic mass is 79.9. The number of hydrogen-bond donors (Lipinski definition) is 0. The van der Waals surface area contributed by atoms with Gasteiger partial charge in [0.25, 0.3) is 0 Å². The van der Waals surface area contributed by atoms with Crippen LogP contribution in [0.2, 0.25) is 0 Å². The van der Waals surface area contributed by atoms with Gasteiger partial charge in [0.05, 0.1) is 34.3 Å². The summed E-state index contributed by atoms with van der Waals surface area (Å²) in [5, 5.41) is 0.604. The fourth-order valence-corrected chi connectivity index (χ4v) is 5.87. The summed E-state index contributed by atoms with van der Waals surface area (Å²) < 4.78 is 6.27. The minimum atomic E-state index is -0.634. The number of ether oxygens (including phenoxy) is 1. The summed E-state index contributed by atoms with van der Waals surface area (Å²) in [6.07, 6.45) is 4.56. The molecule has 0 saturated carbocycles. The lowest BCUT2D eigenvalue weighted by Crippen LogP contribution is -2.31. The van der Waals surface area contributed by atoms with Crippen LogP contribution >= 0.6 is 15.9 Å². The van der Waals surface area contributed by atoms with Crippen LogP contribution in [-0.4, -0.2) is 35.2 Å². The molecule has 4 aromatic rings. The molecule has 8 heteroatoms. The molecule has 1 saturated heterocycles. The minimum absolute atomic E-state index is 0.0135. The second-order valence-corrected chi connectivity index (χ2v) is 11.2. The van der Waals surface area contributed by atoms with Gasteiger partial charge in [-0.25, -0.2) is 9.78 Å². The quantitative estimate of drug-likeness (QED) is 0.109. The Balaban J connectivity index is 1.26. The zero-order valence-corrected chi connectivity index (χ0v) is 23.7. The van der Waals surface area contributed by atoms with Crippen molar-refractivity contribution in [1.29, 1.82) is 0 Å². The van der Waals surface area contributed by atoms with Crippen molar-refractivity contribution in [2.75, 3.05) is 11.5 Å². The maximum Gasteiger partial charge on any atom is 0.339 e. The molecular formula is C33H25BrN2O5. The van der Waals surface area contributed by atoms with Crippen molar-refractivity contribution < 1.29 is 23.9 Å². The fourth-order valence-electron chi connectivity index (χ4n) is 5.60. The maximum atomic E-state index is 13.2. The van der Waals surface area contributed by atoms with Crippen LogP contribution in [-0.2, 0) is 14.3 Å². The molecule has 0 radical (unpaired) electrons. The number of imide groups is 1. The van der Waals surface area contributed by atoms with Gasteiger partial charge in [-0.3, -0.25) is 19.3 Å². The van der Waals surface area contributed by atoms with Crippen LogP contribution in [0.4, 0.5) is 5.69 Å². The second kappa shape index (κ2) is 10.9. The Morgan fingerprint density at radius 1 is 0.976 bits per heavy atom. The summed E-state index contributed by atoms with van der Waals surface area (Å²) in [6, 6.07) is 22.7. The molecule has 1 aliphatic heterocycles. The van der Waals surface area contributed by atoms with Crippen LogP contribution in [0.25, 0.3) is 22.2 Å². The van der Waals surface area contributed by atoms with Crippen LogP contribution < -0.4 is 4.90 Å². The normalized spacial score (nSPS) is 19.9. The van der Waals surface area contributed by atoms with Crippen LogP contribution in [0.5, 0.6) is 0 Å². The maximum absolute atomic E-state index is 13.2. The number of halogens is 1. The molecule has 0 spiro atoms. The van der Waals surface area contributed by atoms with Gasteiger partial charge in [-0.05, 0) is 48.7 Å². The van der Waals surface area contributed by atoms with Crippen molar-refractivity contribution in [1.82, 2.24) is 4.98 Å². The molecule has 1 aliphatic carbocycles. The number of pyridine rings is 1. The monoisotopic (exact) mass is 608 g/mol. The number of para-hydroxylation sites is 1. The smallest absolute Gasteiger partial charge is 0.339 e. The van der Waals surface area contributed by atoms with E-state index in [1.54, 1.807) is 72.8 Å². The average molecular weight is 609 g/mol. The summed E-state index contributed by atoms with van der Waals surface area (Å²) in [7, 11) is 0. The third-order valence-corrected chi connectivity index (χ3v) is 8.26. The SMILES string of the molecule is CC1C=CCC2C(=O)N(c3ccc(-c4cc(C(=O)OCC(=O)c5ccc(Br)cc5)c5ccccc5n4)cc3)C(=O)C12. The summed E-state index contributed by atoms with van der Waals surface area (Å²) in [4.78, 5) is 58.1. The van der Waals surface area contributed by atoms with Crippen LogP contribution in [0, 0.1) is 17.8 Å². The van der Waals surface area contributed by atoms with Crippen LogP contribution in [0.3, 0.4) is 0 Å². The summed E-state index contributed by atoms with van der Waals surface area (Å²) in [6.45, 7) is 1.57. The van der Waals surface area contributed by atoms with E-state index in [9.17, 15) is 19.2 Å². The zero-order chi connectivity index (χ0) is 28.7. The number of allylic oxidation sites excluding steroid dienone is 2. The number of aromatic nitrogens is 1. The van der Waals surface area contributed by atoms with E-state index in [1.807, 2.05) is 25.1 Å². The van der Waals surface area contributed by atoms with Crippen molar-refractivity contribution in [3.05, 3.63) is 107 Å². The van der Waals surface area contributed by atoms with E-state index in [4.69, 9.17) is 9.72 Å². The van der Waals surface area contributed by atoms with E-state index in [-0.39, 0.29) is 40.9 Å². The number of amides is 2. The first-order chi connectivity index (χ1) is 19.8. The predicted molar refractivity (Wildman–Crippen MR) is 158 cm³/mol. The third-order valence-electron chi connectivity index (χ3n) is 7.73. The molecule has 2 heterocycles. The Kier molecular flexibility index (Phi) is 7.09. The van der Waals surface area contributed by atoms with Gasteiger partial charge in [-0.2, -0.15) is 0 Å². The molecule has 3 unspecified atom stereocenters. The lowest BCUT2D eigenvalue weighted by atomic mass is 9.78. The third kappa shape index (κ3) is 5.00. The number of nitrogens with zero attached hydrogens (tertiary/aromatic N) is 2. The standard InChI is InChI=1S/C33H25BrN2O5/c1-19-5-4-7-25-30(19)32(39)36(31(25)38)23-15-11-20(12-16-23)28-17-26(24-6-2-3-8-27(24)35-28)33(40)41-18-29(37)21-9-13-22(34)14-10-21/h2-6,8-17,19,25,30H,7,18H2,1H3. The Hall–Kier alpha value is -4.43. The van der Waals surface area contributed by atoms with E-state index in [0.29, 0.717) is 39.8 Å². The molecule has 1 fully saturated rings. The first-order valence-electron chi connectivity index (χ1n) is 13.3. The highest BCUT2D eigenvalue weighted by molar-refractivity contribution is 9.10. The molecule has 3 aromatic carbocycles. The highest BCUT2D eigenvalue weighted by Crippen LogP contribution is 2.40. The topological polar surface area (TPSA) is 93.6 Å². The number of carbonyl (C=O) groups is 4. The number of fused-ring (bicyclic) bond motifs is 2. The summed E-state index contributed by atoms with van der Waals surface area (Å²) in [5.41, 5.74) is 3.06. The number of Topliss-reactive ketones (excluding diaryl/α,β-unsaturated/α-hetero) is 1. The lowest BCUT2D eigenvalue weighted by molar-refractivity contribution is -0.122. The first kappa shape index (κ1) is 26.8. The van der Waals surface area contributed by atoms with Crippen molar-refractivity contribution in [2.24, 2.45) is 17.8 Å². The van der Waals surface area contributed by atoms with E-state index in [2.05, 4.69) is 15.9 Å². The number of anilines is 1. The van der Waals surface area contributed by atoms with Crippen molar-refractivity contribution in [3.63, 3.8) is 0 Å². The Bertz CT molecular complexity index is 1730. The predicted octanol–water partition coefficient (Wildman–Crippen LogP) is 6.41. The zero-order valence-electron chi connectivity index (χ0n) is 22.1. The number of esters is 1. The molecule has 6 rings (SSSR count). The second-order valence-electron chi connectivity index (χ2n) is 10.3. The molecule has 7 nitrogen and oxygen atoms in total. The van der Waals surface area contributed by atoms with Gasteiger partial charge >= 0.3 is 5.97 Å². The number of carbonyl (C=O) groups excluding carboxylic acids is 4. The molecule has 1 aromatic heterocycles. The number of ketones is 1. The largest absolute Gasteiger partial charge is 0.454 e. The van der Waals surface area contributed by atoms with Gasteiger partial charge < -0.3 is 4.74 Å².